The van der Waals surface area contributed by atoms with Crippen molar-refractivity contribution in [2.45, 2.75) is 108 Å². The molecule has 1 aromatic heterocycles. The Morgan fingerprint density at radius 2 is 1.88 bits per heavy atom. The molecule has 11 nitrogen and oxygen atoms in total. The zero-order valence-electron chi connectivity index (χ0n) is 25.9. The highest BCUT2D eigenvalue weighted by Crippen LogP contribution is 2.41. The van der Waals surface area contributed by atoms with Crippen LogP contribution in [0.5, 0.6) is 0 Å². The summed E-state index contributed by atoms with van der Waals surface area (Å²) in [5.74, 6) is 0.181. The molecule has 0 bridgehead atoms. The van der Waals surface area contributed by atoms with Crippen molar-refractivity contribution in [2.75, 3.05) is 25.5 Å². The number of hydrogen-bond acceptors (Lipinski definition) is 8. The lowest BCUT2D eigenvalue weighted by Gasteiger charge is -2.37. The van der Waals surface area contributed by atoms with Gasteiger partial charge in [0.2, 0.25) is 10.0 Å². The van der Waals surface area contributed by atoms with E-state index in [0.717, 1.165) is 50.1 Å². The normalized spacial score (nSPS) is 21.6. The molecule has 2 amide bonds. The molecule has 2 fully saturated rings. The van der Waals surface area contributed by atoms with Crippen molar-refractivity contribution >= 4 is 39.2 Å². The summed E-state index contributed by atoms with van der Waals surface area (Å²) in [6.07, 6.45) is 5.36. The van der Waals surface area contributed by atoms with E-state index >= 15 is 0 Å². The van der Waals surface area contributed by atoms with E-state index in [4.69, 9.17) is 4.74 Å². The first kappa shape index (κ1) is 33.2. The van der Waals surface area contributed by atoms with E-state index in [2.05, 4.69) is 19.9 Å². The number of likely N-dealkylation sites (N-methyl/N-ethyl adjacent to an activating group) is 1. The zero-order chi connectivity index (χ0) is 31.5. The van der Waals surface area contributed by atoms with Gasteiger partial charge >= 0.3 is 12.2 Å². The lowest BCUT2D eigenvalue weighted by atomic mass is 9.85. The molecule has 2 heterocycles. The molecule has 0 unspecified atom stereocenters. The molecule has 2 aliphatic rings. The van der Waals surface area contributed by atoms with Gasteiger partial charge in [0.1, 0.15) is 6.61 Å². The maximum Gasteiger partial charge on any atom is 0.411 e. The quantitative estimate of drug-likeness (QED) is 0.307. The molecule has 43 heavy (non-hydrogen) atoms. The van der Waals surface area contributed by atoms with E-state index in [9.17, 15) is 23.1 Å². The zero-order valence-corrected chi connectivity index (χ0v) is 27.6. The van der Waals surface area contributed by atoms with Crippen LogP contribution in [0.1, 0.15) is 84.1 Å². The molecule has 2 aromatic rings. The fourth-order valence-corrected chi connectivity index (χ4v) is 8.86. The topological polar surface area (TPSA) is 141 Å². The average molecular weight is 636 g/mol. The summed E-state index contributed by atoms with van der Waals surface area (Å²) in [5, 5.41) is 13.3. The number of nitrogens with zero attached hydrogens (tertiary/aromatic N) is 3. The molecular formula is C30H45N5O6S2. The number of anilines is 1. The highest BCUT2D eigenvalue weighted by atomic mass is 32.2. The number of nitrogens with one attached hydrogen (secondary N) is 2. The second-order valence-corrected chi connectivity index (χ2v) is 15.6. The van der Waals surface area contributed by atoms with E-state index in [-0.39, 0.29) is 35.5 Å². The van der Waals surface area contributed by atoms with Gasteiger partial charge in [-0.05, 0) is 98.9 Å². The Balaban J connectivity index is 1.53. The molecule has 3 N–H and O–H groups in total. The van der Waals surface area contributed by atoms with Crippen molar-refractivity contribution in [3.63, 3.8) is 0 Å². The van der Waals surface area contributed by atoms with Crippen LogP contribution in [0.15, 0.2) is 29.3 Å². The van der Waals surface area contributed by atoms with Gasteiger partial charge in [-0.3, -0.25) is 5.32 Å². The number of carbonyl (C=O) groups excluding carboxylic acids is 1. The standard InChI is InChI=1S/C30H45N5O6S2/c1-19(2)35(29(37)38)22-12-9-20(10-13-22)27-31-17-25(42-27)24-14-11-21(16-26(24)43(39,40)33-30(3,4)5)32-28(36)41-18-23-8-7-15-34(23)6/h11,14,16-17,19-20,22-23,33H,7-10,12-13,15,18H2,1-6H3,(H,32,36)(H,37,38)/t20?,22?,23-/m1/s1. The number of aromatic nitrogens is 1. The smallest absolute Gasteiger partial charge is 0.411 e. The summed E-state index contributed by atoms with van der Waals surface area (Å²) in [6.45, 7) is 10.4. The molecule has 4 rings (SSSR count). The van der Waals surface area contributed by atoms with Crippen LogP contribution in [0, 0.1) is 0 Å². The van der Waals surface area contributed by atoms with Crippen LogP contribution < -0.4 is 10.0 Å². The fraction of sp³-hybridized carbons (Fsp3) is 0.633. The molecule has 0 radical (unpaired) electrons. The highest BCUT2D eigenvalue weighted by molar-refractivity contribution is 7.89. The van der Waals surface area contributed by atoms with Gasteiger partial charge in [0.25, 0.3) is 0 Å². The van der Waals surface area contributed by atoms with Crippen molar-refractivity contribution in [3.05, 3.63) is 29.4 Å². The van der Waals surface area contributed by atoms with E-state index in [1.807, 2.05) is 20.9 Å². The average Bonchev–Trinajstić information content (AvgIpc) is 3.55. The Kier molecular flexibility index (Phi) is 10.4. The van der Waals surface area contributed by atoms with Crippen molar-refractivity contribution in [1.82, 2.24) is 19.5 Å². The number of likely N-dealkylation sites (tertiary alicyclic amines) is 1. The van der Waals surface area contributed by atoms with Crippen LogP contribution in [0.2, 0.25) is 0 Å². The summed E-state index contributed by atoms with van der Waals surface area (Å²) in [6, 6.07) is 4.91. The van der Waals surface area contributed by atoms with Gasteiger partial charge in [-0.25, -0.2) is 27.7 Å². The van der Waals surface area contributed by atoms with Gasteiger partial charge in [-0.15, -0.1) is 11.3 Å². The van der Waals surface area contributed by atoms with Gasteiger partial charge in [0, 0.05) is 47.0 Å². The van der Waals surface area contributed by atoms with Crippen molar-refractivity contribution < 1.29 is 27.9 Å². The minimum absolute atomic E-state index is 0.0146. The molecule has 238 valence electrons. The van der Waals surface area contributed by atoms with Crippen LogP contribution in [0.4, 0.5) is 15.3 Å². The first-order chi connectivity index (χ1) is 20.1. The fourth-order valence-electron chi connectivity index (χ4n) is 6.00. The van der Waals surface area contributed by atoms with Gasteiger partial charge in [-0.2, -0.15) is 0 Å². The molecular weight excluding hydrogens is 590 g/mol. The number of amides is 2. The molecule has 1 aliphatic heterocycles. The molecule has 1 aromatic carbocycles. The highest BCUT2D eigenvalue weighted by Gasteiger charge is 2.33. The van der Waals surface area contributed by atoms with Gasteiger partial charge in [0.15, 0.2) is 0 Å². The van der Waals surface area contributed by atoms with Gasteiger partial charge < -0.3 is 19.6 Å². The lowest BCUT2D eigenvalue weighted by molar-refractivity contribution is 0.0906. The maximum absolute atomic E-state index is 13.6. The molecule has 0 spiro atoms. The summed E-state index contributed by atoms with van der Waals surface area (Å²) < 4.78 is 35.4. The van der Waals surface area contributed by atoms with E-state index in [0.29, 0.717) is 16.1 Å². The summed E-state index contributed by atoms with van der Waals surface area (Å²) >= 11 is 1.46. The largest absolute Gasteiger partial charge is 0.465 e. The number of sulfonamides is 1. The number of carbonyl (C=O) groups is 2. The second-order valence-electron chi connectivity index (χ2n) is 12.9. The van der Waals surface area contributed by atoms with Crippen LogP contribution in [0.25, 0.3) is 10.4 Å². The van der Waals surface area contributed by atoms with Gasteiger partial charge in [0.05, 0.1) is 14.8 Å². The third kappa shape index (κ3) is 8.46. The molecule has 13 heteroatoms. The van der Waals surface area contributed by atoms with Crippen LogP contribution in [-0.2, 0) is 14.8 Å². The van der Waals surface area contributed by atoms with E-state index in [1.165, 1.54) is 17.4 Å². The Bertz CT molecular complexity index is 1400. The Hall–Kier alpha value is -2.74. The number of thiazole rings is 1. The summed E-state index contributed by atoms with van der Waals surface area (Å²) in [4.78, 5) is 33.5. The predicted octanol–water partition coefficient (Wildman–Crippen LogP) is 5.94. The third-order valence-corrected chi connectivity index (χ3v) is 11.0. The van der Waals surface area contributed by atoms with Crippen LogP contribution >= 0.6 is 11.3 Å². The number of ether oxygens (including phenoxy) is 1. The summed E-state index contributed by atoms with van der Waals surface area (Å²) in [7, 11) is -1.96. The SMILES string of the molecule is CC(C)N(C(=O)O)C1CCC(c2ncc(-c3ccc(NC(=O)OC[C@H]4CCCN4C)cc3S(=O)(=O)NC(C)(C)C)s2)CC1. The minimum Gasteiger partial charge on any atom is -0.465 e. The molecule has 1 saturated carbocycles. The van der Waals surface area contributed by atoms with E-state index < -0.39 is 27.7 Å². The number of rotatable bonds is 9. The number of hydrogen-bond donors (Lipinski definition) is 3. The van der Waals surface area contributed by atoms with Crippen LogP contribution in [-0.4, -0.2) is 84.4 Å². The van der Waals surface area contributed by atoms with Gasteiger partial charge in [-0.1, -0.05) is 6.07 Å². The first-order valence-electron chi connectivity index (χ1n) is 14.9. The van der Waals surface area contributed by atoms with Crippen molar-refractivity contribution in [1.29, 1.82) is 0 Å². The Labute approximate surface area is 259 Å². The third-order valence-electron chi connectivity index (χ3n) is 8.04. The van der Waals surface area contributed by atoms with Crippen molar-refractivity contribution in [2.24, 2.45) is 0 Å². The Morgan fingerprint density at radius 3 is 2.47 bits per heavy atom. The predicted molar refractivity (Wildman–Crippen MR) is 168 cm³/mol. The first-order valence-corrected chi connectivity index (χ1v) is 17.2. The maximum atomic E-state index is 13.6. The minimum atomic E-state index is -3.97. The van der Waals surface area contributed by atoms with Crippen molar-refractivity contribution in [3.8, 4) is 10.4 Å². The number of carboxylic acid groups (broad SMARTS) is 1. The monoisotopic (exact) mass is 635 g/mol. The van der Waals surface area contributed by atoms with E-state index in [1.54, 1.807) is 44.0 Å². The molecule has 1 saturated heterocycles. The van der Waals surface area contributed by atoms with Crippen LogP contribution in [0.3, 0.4) is 0 Å². The number of benzene rings is 1. The molecule has 1 aliphatic carbocycles. The Morgan fingerprint density at radius 1 is 1.19 bits per heavy atom. The second kappa shape index (κ2) is 13.5. The molecule has 1 atom stereocenters. The lowest BCUT2D eigenvalue weighted by Crippen LogP contribution is -2.45. The summed E-state index contributed by atoms with van der Waals surface area (Å²) in [5.41, 5.74) is 0.0971.